The van der Waals surface area contributed by atoms with Gasteiger partial charge in [0.25, 0.3) is 0 Å². The van der Waals surface area contributed by atoms with Crippen LogP contribution in [0, 0.1) is 5.92 Å². The van der Waals surface area contributed by atoms with E-state index in [1.54, 1.807) is 7.11 Å². The summed E-state index contributed by atoms with van der Waals surface area (Å²) < 4.78 is 10.8. The molecular weight excluding hydrogens is 292 g/mol. The molecule has 3 rings (SSSR count). The molecule has 0 aromatic heterocycles. The third kappa shape index (κ3) is 3.61. The first-order valence-electron chi connectivity index (χ1n) is 8.44. The van der Waals surface area contributed by atoms with Gasteiger partial charge in [-0.05, 0) is 51.4 Å². The molecule has 5 nitrogen and oxygen atoms in total. The number of methoxy groups -OCH3 is 1. The van der Waals surface area contributed by atoms with Crippen molar-refractivity contribution in [3.8, 4) is 5.75 Å². The van der Waals surface area contributed by atoms with Gasteiger partial charge in [-0.1, -0.05) is 18.2 Å². The maximum Gasteiger partial charge on any atom is 0.410 e. The molecule has 126 valence electrons. The van der Waals surface area contributed by atoms with Crippen LogP contribution in [0.1, 0.15) is 30.9 Å². The molecule has 0 saturated carbocycles. The first kappa shape index (κ1) is 16.1. The normalized spacial score (nSPS) is 23.1. The van der Waals surface area contributed by atoms with Crippen LogP contribution in [-0.2, 0) is 4.74 Å². The minimum atomic E-state index is -0.200. The Morgan fingerprint density at radius 3 is 2.74 bits per heavy atom. The van der Waals surface area contributed by atoms with Crippen molar-refractivity contribution in [2.75, 3.05) is 40.4 Å². The number of likely N-dealkylation sites (tertiary alicyclic amines) is 1. The topological polar surface area (TPSA) is 42.0 Å². The predicted octanol–water partition coefficient (Wildman–Crippen LogP) is 2.92. The molecule has 1 unspecified atom stereocenters. The quantitative estimate of drug-likeness (QED) is 0.837. The van der Waals surface area contributed by atoms with Gasteiger partial charge in [0.1, 0.15) is 12.4 Å². The monoisotopic (exact) mass is 318 g/mol. The Kier molecular flexibility index (Phi) is 5.06. The lowest BCUT2D eigenvalue weighted by atomic mass is 9.93. The van der Waals surface area contributed by atoms with Crippen LogP contribution in [0.3, 0.4) is 0 Å². The number of benzene rings is 1. The minimum Gasteiger partial charge on any atom is -0.496 e. The highest BCUT2D eigenvalue weighted by molar-refractivity contribution is 5.70. The van der Waals surface area contributed by atoms with E-state index in [2.05, 4.69) is 11.9 Å². The Morgan fingerprint density at radius 1 is 1.26 bits per heavy atom. The lowest BCUT2D eigenvalue weighted by Gasteiger charge is -2.30. The van der Waals surface area contributed by atoms with Gasteiger partial charge in [-0.15, -0.1) is 0 Å². The zero-order valence-corrected chi connectivity index (χ0v) is 14.0. The lowest BCUT2D eigenvalue weighted by Crippen LogP contribution is -2.34. The summed E-state index contributed by atoms with van der Waals surface area (Å²) in [5, 5.41) is 0. The molecule has 23 heavy (non-hydrogen) atoms. The van der Waals surface area contributed by atoms with Crippen LogP contribution >= 0.6 is 0 Å². The fraction of sp³-hybridized carbons (Fsp3) is 0.611. The molecule has 1 aromatic rings. The van der Waals surface area contributed by atoms with E-state index in [9.17, 15) is 4.79 Å². The molecule has 0 aliphatic carbocycles. The molecule has 2 heterocycles. The van der Waals surface area contributed by atoms with Crippen LogP contribution in [0.2, 0.25) is 0 Å². The second-order valence-electron chi connectivity index (χ2n) is 6.56. The van der Waals surface area contributed by atoms with Crippen molar-refractivity contribution in [1.82, 2.24) is 9.80 Å². The summed E-state index contributed by atoms with van der Waals surface area (Å²) >= 11 is 0. The molecule has 1 atom stereocenters. The summed E-state index contributed by atoms with van der Waals surface area (Å²) in [7, 11) is 3.84. The lowest BCUT2D eigenvalue weighted by molar-refractivity contribution is 0.151. The molecule has 5 heteroatoms. The molecule has 0 bridgehead atoms. The summed E-state index contributed by atoms with van der Waals surface area (Å²) in [4.78, 5) is 16.4. The summed E-state index contributed by atoms with van der Waals surface area (Å²) in [6.45, 7) is 3.48. The number of nitrogens with zero attached hydrogens (tertiary/aromatic N) is 2. The highest BCUT2D eigenvalue weighted by atomic mass is 16.6. The van der Waals surface area contributed by atoms with Crippen molar-refractivity contribution in [2.24, 2.45) is 5.92 Å². The number of hydrogen-bond acceptors (Lipinski definition) is 4. The van der Waals surface area contributed by atoms with Gasteiger partial charge in [-0.2, -0.15) is 0 Å². The van der Waals surface area contributed by atoms with Crippen molar-refractivity contribution in [3.05, 3.63) is 29.8 Å². The van der Waals surface area contributed by atoms with Crippen molar-refractivity contribution in [1.29, 1.82) is 0 Å². The number of ether oxygens (including phenoxy) is 2. The SMILES string of the molecule is COc1ccccc1C1COC(=O)N1CCC1CCN(C)CC1. The van der Waals surface area contributed by atoms with Crippen LogP contribution < -0.4 is 4.74 Å². The molecule has 0 spiro atoms. The predicted molar refractivity (Wildman–Crippen MR) is 88.6 cm³/mol. The zero-order valence-electron chi connectivity index (χ0n) is 14.0. The molecule has 1 aromatic carbocycles. The van der Waals surface area contributed by atoms with Gasteiger partial charge in [0.15, 0.2) is 0 Å². The summed E-state index contributed by atoms with van der Waals surface area (Å²) in [6.07, 6.45) is 3.29. The van der Waals surface area contributed by atoms with E-state index in [1.165, 1.54) is 12.8 Å². The molecular formula is C18H26N2O3. The minimum absolute atomic E-state index is 0.0371. The second-order valence-corrected chi connectivity index (χ2v) is 6.56. The highest BCUT2D eigenvalue weighted by Gasteiger charge is 2.35. The Balaban J connectivity index is 1.65. The van der Waals surface area contributed by atoms with Gasteiger partial charge in [-0.3, -0.25) is 4.90 Å². The van der Waals surface area contributed by atoms with Gasteiger partial charge in [0, 0.05) is 12.1 Å². The molecule has 2 saturated heterocycles. The van der Waals surface area contributed by atoms with Gasteiger partial charge >= 0.3 is 6.09 Å². The molecule has 2 aliphatic rings. The van der Waals surface area contributed by atoms with Crippen LogP contribution in [0.15, 0.2) is 24.3 Å². The smallest absolute Gasteiger partial charge is 0.410 e. The zero-order chi connectivity index (χ0) is 16.2. The molecule has 2 fully saturated rings. The number of carbonyl (C=O) groups is 1. The molecule has 1 amide bonds. The molecule has 2 aliphatic heterocycles. The van der Waals surface area contributed by atoms with Crippen molar-refractivity contribution >= 4 is 6.09 Å². The number of para-hydroxylation sites is 1. The fourth-order valence-electron chi connectivity index (χ4n) is 3.57. The summed E-state index contributed by atoms with van der Waals surface area (Å²) in [6, 6.07) is 7.85. The van der Waals surface area contributed by atoms with E-state index in [1.807, 2.05) is 29.2 Å². The fourth-order valence-corrected chi connectivity index (χ4v) is 3.57. The van der Waals surface area contributed by atoms with Gasteiger partial charge in [0.2, 0.25) is 0 Å². The number of amides is 1. The Hall–Kier alpha value is -1.75. The van der Waals surface area contributed by atoms with E-state index in [0.717, 1.165) is 37.4 Å². The average molecular weight is 318 g/mol. The highest BCUT2D eigenvalue weighted by Crippen LogP contribution is 2.34. The maximum atomic E-state index is 12.1. The van der Waals surface area contributed by atoms with E-state index < -0.39 is 0 Å². The first-order chi connectivity index (χ1) is 11.2. The second kappa shape index (κ2) is 7.21. The van der Waals surface area contributed by atoms with Gasteiger partial charge in [0.05, 0.1) is 13.2 Å². The van der Waals surface area contributed by atoms with Gasteiger partial charge < -0.3 is 14.4 Å². The van der Waals surface area contributed by atoms with Gasteiger partial charge in [-0.25, -0.2) is 4.79 Å². The molecule has 0 radical (unpaired) electrons. The van der Waals surface area contributed by atoms with Crippen LogP contribution in [0.4, 0.5) is 4.79 Å². The van der Waals surface area contributed by atoms with Crippen molar-refractivity contribution in [2.45, 2.75) is 25.3 Å². The largest absolute Gasteiger partial charge is 0.496 e. The number of rotatable bonds is 5. The van der Waals surface area contributed by atoms with Crippen LogP contribution in [-0.4, -0.2) is 56.3 Å². The van der Waals surface area contributed by atoms with E-state index in [-0.39, 0.29) is 12.1 Å². The summed E-state index contributed by atoms with van der Waals surface area (Å²) in [5.41, 5.74) is 1.03. The van der Waals surface area contributed by atoms with E-state index >= 15 is 0 Å². The number of carbonyl (C=O) groups excluding carboxylic acids is 1. The standard InChI is InChI=1S/C18H26N2O3/c1-19-10-7-14(8-11-19)9-12-20-16(13-23-18(20)21)15-5-3-4-6-17(15)22-2/h3-6,14,16H,7-13H2,1-2H3. The van der Waals surface area contributed by atoms with E-state index in [4.69, 9.17) is 9.47 Å². The van der Waals surface area contributed by atoms with Crippen molar-refractivity contribution < 1.29 is 14.3 Å². The van der Waals surface area contributed by atoms with E-state index in [0.29, 0.717) is 12.5 Å². The van der Waals surface area contributed by atoms with Crippen LogP contribution in [0.25, 0.3) is 0 Å². The third-order valence-corrected chi connectivity index (χ3v) is 5.09. The Morgan fingerprint density at radius 2 is 2.00 bits per heavy atom. The Labute approximate surface area is 138 Å². The third-order valence-electron chi connectivity index (χ3n) is 5.09. The number of hydrogen-bond donors (Lipinski definition) is 0. The first-order valence-corrected chi connectivity index (χ1v) is 8.44. The van der Waals surface area contributed by atoms with Crippen molar-refractivity contribution in [3.63, 3.8) is 0 Å². The number of cyclic esters (lactones) is 1. The maximum absolute atomic E-state index is 12.1. The Bertz CT molecular complexity index is 541. The number of piperidine rings is 1. The molecule has 0 N–H and O–H groups in total. The average Bonchev–Trinajstić information content (AvgIpc) is 2.95. The summed E-state index contributed by atoms with van der Waals surface area (Å²) in [5.74, 6) is 1.53. The van der Waals surface area contributed by atoms with Crippen LogP contribution in [0.5, 0.6) is 5.75 Å².